The van der Waals surface area contributed by atoms with E-state index in [1.54, 1.807) is 12.3 Å². The second-order valence-corrected chi connectivity index (χ2v) is 6.65. The minimum Gasteiger partial charge on any atom is -0.329 e. The standard InChI is InChI=1S/C21H20N2O2/c24-20(19-13-22-12-18(19)15-4-2-1-3-5-15)11-14-6-7-17-16(10-14)8-9-23-21(17)25/h1-10,18-19,22H,11-13H2,(H,23,25). The smallest absolute Gasteiger partial charge is 0.255 e. The fraction of sp³-hybridized carbons (Fsp3) is 0.238. The van der Waals surface area contributed by atoms with Crippen LogP contribution >= 0.6 is 0 Å². The van der Waals surface area contributed by atoms with E-state index in [2.05, 4.69) is 22.4 Å². The molecule has 0 saturated carbocycles. The first-order valence-electron chi connectivity index (χ1n) is 8.61. The second-order valence-electron chi connectivity index (χ2n) is 6.65. The van der Waals surface area contributed by atoms with Crippen molar-refractivity contribution in [1.82, 2.24) is 10.3 Å². The van der Waals surface area contributed by atoms with Gasteiger partial charge in [-0.2, -0.15) is 0 Å². The Morgan fingerprint density at radius 1 is 1.04 bits per heavy atom. The van der Waals surface area contributed by atoms with Crippen LogP contribution in [-0.4, -0.2) is 23.9 Å². The lowest BCUT2D eigenvalue weighted by molar-refractivity contribution is -0.122. The Labute approximate surface area is 145 Å². The van der Waals surface area contributed by atoms with E-state index in [-0.39, 0.29) is 23.2 Å². The van der Waals surface area contributed by atoms with Crippen molar-refractivity contribution < 1.29 is 4.79 Å². The molecule has 0 radical (unpaired) electrons. The molecule has 2 aromatic carbocycles. The summed E-state index contributed by atoms with van der Waals surface area (Å²) in [5.74, 6) is 0.484. The summed E-state index contributed by atoms with van der Waals surface area (Å²) in [7, 11) is 0. The Kier molecular flexibility index (Phi) is 4.20. The predicted octanol–water partition coefficient (Wildman–Crippen LogP) is 2.64. The van der Waals surface area contributed by atoms with Gasteiger partial charge in [0.05, 0.1) is 0 Å². The number of rotatable bonds is 4. The summed E-state index contributed by atoms with van der Waals surface area (Å²) < 4.78 is 0. The number of pyridine rings is 1. The number of fused-ring (bicyclic) bond motifs is 1. The molecule has 1 saturated heterocycles. The molecular formula is C21H20N2O2. The number of aromatic nitrogens is 1. The number of hydrogen-bond acceptors (Lipinski definition) is 3. The van der Waals surface area contributed by atoms with Crippen LogP contribution < -0.4 is 10.9 Å². The maximum absolute atomic E-state index is 12.9. The SMILES string of the molecule is O=C(Cc1ccc2c(=O)[nH]ccc2c1)C1CNCC1c1ccccc1. The summed E-state index contributed by atoms with van der Waals surface area (Å²) >= 11 is 0. The first-order valence-corrected chi connectivity index (χ1v) is 8.61. The molecule has 0 amide bonds. The normalized spacial score (nSPS) is 20.0. The molecule has 1 fully saturated rings. The molecule has 4 nitrogen and oxygen atoms in total. The highest BCUT2D eigenvalue weighted by Crippen LogP contribution is 2.29. The van der Waals surface area contributed by atoms with Crippen molar-refractivity contribution in [2.45, 2.75) is 12.3 Å². The van der Waals surface area contributed by atoms with E-state index < -0.39 is 0 Å². The van der Waals surface area contributed by atoms with Gasteiger partial charge in [0, 0.05) is 42.9 Å². The number of H-pyrrole nitrogens is 1. The number of carbonyl (C=O) groups excluding carboxylic acids is 1. The van der Waals surface area contributed by atoms with E-state index >= 15 is 0 Å². The van der Waals surface area contributed by atoms with Gasteiger partial charge in [0.25, 0.3) is 5.56 Å². The third kappa shape index (κ3) is 3.13. The number of carbonyl (C=O) groups is 1. The van der Waals surface area contributed by atoms with Gasteiger partial charge in [0.1, 0.15) is 5.78 Å². The fourth-order valence-corrected chi connectivity index (χ4v) is 3.75. The summed E-state index contributed by atoms with van der Waals surface area (Å²) in [6.07, 6.45) is 2.04. The van der Waals surface area contributed by atoms with Gasteiger partial charge in [0.15, 0.2) is 0 Å². The van der Waals surface area contributed by atoms with E-state index in [0.29, 0.717) is 11.8 Å². The molecule has 1 aliphatic rings. The highest BCUT2D eigenvalue weighted by atomic mass is 16.1. The third-order valence-corrected chi connectivity index (χ3v) is 5.07. The largest absolute Gasteiger partial charge is 0.329 e. The number of Topliss-reactive ketones (excluding diaryl/α,β-unsaturated/α-hetero) is 1. The van der Waals surface area contributed by atoms with Crippen molar-refractivity contribution in [3.05, 3.63) is 82.3 Å². The molecule has 1 aromatic heterocycles. The van der Waals surface area contributed by atoms with Crippen LogP contribution in [0.25, 0.3) is 10.8 Å². The van der Waals surface area contributed by atoms with Crippen molar-refractivity contribution in [2.24, 2.45) is 5.92 Å². The van der Waals surface area contributed by atoms with Crippen molar-refractivity contribution in [1.29, 1.82) is 0 Å². The molecule has 2 unspecified atom stereocenters. The number of benzene rings is 2. The Balaban J connectivity index is 1.56. The zero-order valence-corrected chi connectivity index (χ0v) is 13.9. The maximum atomic E-state index is 12.9. The van der Waals surface area contributed by atoms with Gasteiger partial charge in [-0.15, -0.1) is 0 Å². The first kappa shape index (κ1) is 15.8. The molecule has 2 N–H and O–H groups in total. The predicted molar refractivity (Wildman–Crippen MR) is 98.8 cm³/mol. The van der Waals surface area contributed by atoms with E-state index in [4.69, 9.17) is 0 Å². The number of ketones is 1. The van der Waals surface area contributed by atoms with Crippen molar-refractivity contribution in [2.75, 3.05) is 13.1 Å². The fourth-order valence-electron chi connectivity index (χ4n) is 3.75. The quantitative estimate of drug-likeness (QED) is 0.772. The number of aromatic amines is 1. The van der Waals surface area contributed by atoms with Gasteiger partial charge < -0.3 is 10.3 Å². The summed E-state index contributed by atoms with van der Waals surface area (Å²) in [5.41, 5.74) is 2.08. The Morgan fingerprint density at radius 3 is 2.72 bits per heavy atom. The maximum Gasteiger partial charge on any atom is 0.255 e. The molecule has 0 spiro atoms. The lowest BCUT2D eigenvalue weighted by atomic mass is 9.84. The van der Waals surface area contributed by atoms with Gasteiger partial charge in [0.2, 0.25) is 0 Å². The second kappa shape index (κ2) is 6.65. The zero-order valence-electron chi connectivity index (χ0n) is 13.9. The van der Waals surface area contributed by atoms with Crippen LogP contribution in [0.3, 0.4) is 0 Å². The highest BCUT2D eigenvalue weighted by Gasteiger charge is 2.33. The average molecular weight is 332 g/mol. The summed E-state index contributed by atoms with van der Waals surface area (Å²) in [4.78, 5) is 27.4. The average Bonchev–Trinajstić information content (AvgIpc) is 3.12. The van der Waals surface area contributed by atoms with Crippen molar-refractivity contribution >= 4 is 16.6 Å². The lowest BCUT2D eigenvalue weighted by Crippen LogP contribution is -2.23. The van der Waals surface area contributed by atoms with Crippen LogP contribution in [0.5, 0.6) is 0 Å². The first-order chi connectivity index (χ1) is 12.2. The zero-order chi connectivity index (χ0) is 17.2. The van der Waals surface area contributed by atoms with Crippen LogP contribution in [0.15, 0.2) is 65.6 Å². The minimum atomic E-state index is -0.0977. The third-order valence-electron chi connectivity index (χ3n) is 5.07. The summed E-state index contributed by atoms with van der Waals surface area (Å²) in [6, 6.07) is 17.7. The van der Waals surface area contributed by atoms with Gasteiger partial charge >= 0.3 is 0 Å². The monoisotopic (exact) mass is 332 g/mol. The van der Waals surface area contributed by atoms with Crippen LogP contribution in [0.2, 0.25) is 0 Å². The van der Waals surface area contributed by atoms with Crippen molar-refractivity contribution in [3.8, 4) is 0 Å². The minimum absolute atomic E-state index is 0.00252. The lowest BCUT2D eigenvalue weighted by Gasteiger charge is -2.18. The number of hydrogen-bond donors (Lipinski definition) is 2. The summed E-state index contributed by atoms with van der Waals surface area (Å²) in [5, 5.41) is 4.89. The molecular weight excluding hydrogens is 312 g/mol. The molecule has 25 heavy (non-hydrogen) atoms. The van der Waals surface area contributed by atoms with Gasteiger partial charge in [-0.05, 0) is 28.6 Å². The molecule has 2 heterocycles. The topological polar surface area (TPSA) is 62.0 Å². The van der Waals surface area contributed by atoms with Gasteiger partial charge in [-0.1, -0.05) is 42.5 Å². The van der Waals surface area contributed by atoms with Crippen LogP contribution in [0, 0.1) is 5.92 Å². The molecule has 0 bridgehead atoms. The Bertz CT molecular complexity index is 962. The highest BCUT2D eigenvalue weighted by molar-refractivity contribution is 5.87. The molecule has 3 aromatic rings. The van der Waals surface area contributed by atoms with E-state index in [0.717, 1.165) is 24.0 Å². The van der Waals surface area contributed by atoms with Crippen LogP contribution in [0.1, 0.15) is 17.0 Å². The van der Waals surface area contributed by atoms with Crippen LogP contribution in [0.4, 0.5) is 0 Å². The summed E-state index contributed by atoms with van der Waals surface area (Å²) in [6.45, 7) is 1.57. The van der Waals surface area contributed by atoms with Gasteiger partial charge in [-0.3, -0.25) is 9.59 Å². The van der Waals surface area contributed by atoms with Crippen LogP contribution in [-0.2, 0) is 11.2 Å². The molecule has 126 valence electrons. The van der Waals surface area contributed by atoms with Crippen molar-refractivity contribution in [3.63, 3.8) is 0 Å². The molecule has 4 heteroatoms. The van der Waals surface area contributed by atoms with E-state index in [9.17, 15) is 9.59 Å². The molecule has 2 atom stereocenters. The van der Waals surface area contributed by atoms with E-state index in [1.807, 2.05) is 36.4 Å². The number of nitrogens with one attached hydrogen (secondary N) is 2. The van der Waals surface area contributed by atoms with Gasteiger partial charge in [-0.25, -0.2) is 0 Å². The molecule has 0 aliphatic carbocycles. The Morgan fingerprint density at radius 2 is 1.88 bits per heavy atom. The van der Waals surface area contributed by atoms with E-state index in [1.165, 1.54) is 5.56 Å². The molecule has 1 aliphatic heterocycles. The molecule has 4 rings (SSSR count). The Hall–Kier alpha value is -2.72.